The molecule has 0 spiro atoms. The molecule has 186 valence electrons. The quantitative estimate of drug-likeness (QED) is 0.494. The van der Waals surface area contributed by atoms with Crippen LogP contribution in [0.1, 0.15) is 50.2 Å². The van der Waals surface area contributed by atoms with Gasteiger partial charge in [0.15, 0.2) is 17.2 Å². The van der Waals surface area contributed by atoms with Crippen LogP contribution in [0.3, 0.4) is 0 Å². The van der Waals surface area contributed by atoms with Crippen LogP contribution in [0.5, 0.6) is 5.75 Å². The van der Waals surface area contributed by atoms with E-state index in [0.717, 1.165) is 37.2 Å². The highest BCUT2D eigenvalue weighted by Crippen LogP contribution is 2.46. The van der Waals surface area contributed by atoms with E-state index in [9.17, 15) is 9.59 Å². The minimum atomic E-state index is -0.691. The number of benzene rings is 1. The maximum atomic E-state index is 12.9. The highest BCUT2D eigenvalue weighted by molar-refractivity contribution is 7.18. The van der Waals surface area contributed by atoms with Gasteiger partial charge in [0.05, 0.1) is 11.5 Å². The van der Waals surface area contributed by atoms with Crippen molar-refractivity contribution in [3.63, 3.8) is 0 Å². The first kappa shape index (κ1) is 26.3. The zero-order valence-electron chi connectivity index (χ0n) is 20.4. The lowest BCUT2D eigenvalue weighted by molar-refractivity contribution is -0.145. The summed E-state index contributed by atoms with van der Waals surface area (Å²) in [5.41, 5.74) is 1.25. The highest BCUT2D eigenvalue weighted by Gasteiger charge is 2.29. The second-order valence-corrected chi connectivity index (χ2v) is 10.5. The van der Waals surface area contributed by atoms with Crippen LogP contribution in [-0.2, 0) is 14.3 Å². The molecule has 0 bridgehead atoms. The van der Waals surface area contributed by atoms with Crippen LogP contribution in [0.2, 0.25) is 5.02 Å². The largest absolute Gasteiger partial charge is 0.479 e. The Kier molecular flexibility index (Phi) is 8.84. The molecular formula is C25H33ClN2O5S. The summed E-state index contributed by atoms with van der Waals surface area (Å²) in [5.74, 6) is -0.944. The van der Waals surface area contributed by atoms with Gasteiger partial charge in [0.25, 0.3) is 0 Å². The van der Waals surface area contributed by atoms with Crippen LogP contribution >= 0.6 is 22.9 Å². The molecule has 1 fully saturated rings. The van der Waals surface area contributed by atoms with E-state index in [2.05, 4.69) is 29.4 Å². The minimum absolute atomic E-state index is 0.140. The monoisotopic (exact) mass is 508 g/mol. The van der Waals surface area contributed by atoms with Crippen LogP contribution in [0.25, 0.3) is 10.4 Å². The Morgan fingerprint density at radius 2 is 1.94 bits per heavy atom. The van der Waals surface area contributed by atoms with Crippen LogP contribution in [0.15, 0.2) is 24.3 Å². The van der Waals surface area contributed by atoms with E-state index in [0.29, 0.717) is 10.9 Å². The number of thiophene rings is 1. The Morgan fingerprint density at radius 1 is 1.24 bits per heavy atom. The van der Waals surface area contributed by atoms with E-state index in [1.807, 2.05) is 12.1 Å². The molecule has 9 heteroatoms. The maximum Gasteiger partial charge on any atom is 0.352 e. The highest BCUT2D eigenvalue weighted by atomic mass is 35.5. The van der Waals surface area contributed by atoms with Crippen molar-refractivity contribution < 1.29 is 23.8 Å². The SMILES string of the molecule is CCOC(=O)COc1c(C(=O)OC(C)(C)C)sc(-c2cccc(N(C)C3CCNCC3)c2)c1Cl. The smallest absolute Gasteiger partial charge is 0.352 e. The molecule has 0 unspecified atom stereocenters. The van der Waals surface area contributed by atoms with E-state index in [-0.39, 0.29) is 28.9 Å². The Labute approximate surface area is 210 Å². The van der Waals surface area contributed by atoms with E-state index in [4.69, 9.17) is 25.8 Å². The molecule has 1 N–H and O–H groups in total. The number of nitrogens with zero attached hydrogens (tertiary/aromatic N) is 1. The van der Waals surface area contributed by atoms with Gasteiger partial charge in [0.2, 0.25) is 0 Å². The zero-order valence-corrected chi connectivity index (χ0v) is 22.0. The molecule has 3 rings (SSSR count). The van der Waals surface area contributed by atoms with Crippen LogP contribution < -0.4 is 15.0 Å². The number of esters is 2. The summed E-state index contributed by atoms with van der Waals surface area (Å²) < 4.78 is 16.2. The number of anilines is 1. The Hall–Kier alpha value is -2.29. The average Bonchev–Trinajstić information content (AvgIpc) is 3.13. The predicted octanol–water partition coefficient (Wildman–Crippen LogP) is 5.15. The Bertz CT molecular complexity index is 1010. The summed E-state index contributed by atoms with van der Waals surface area (Å²) >= 11 is 7.92. The van der Waals surface area contributed by atoms with Crippen molar-refractivity contribution in [3.05, 3.63) is 34.2 Å². The van der Waals surface area contributed by atoms with Crippen molar-refractivity contribution in [2.24, 2.45) is 0 Å². The number of piperidine rings is 1. The molecule has 2 heterocycles. The average molecular weight is 509 g/mol. The Morgan fingerprint density at radius 3 is 2.59 bits per heavy atom. The van der Waals surface area contributed by atoms with Gasteiger partial charge in [-0.2, -0.15) is 0 Å². The van der Waals surface area contributed by atoms with E-state index < -0.39 is 17.5 Å². The third-order valence-corrected chi connectivity index (χ3v) is 7.08. The fourth-order valence-electron chi connectivity index (χ4n) is 3.77. The summed E-state index contributed by atoms with van der Waals surface area (Å²) in [4.78, 5) is 28.0. The molecule has 1 aromatic carbocycles. The number of carbonyl (C=O) groups excluding carboxylic acids is 2. The van der Waals surface area contributed by atoms with Gasteiger partial charge >= 0.3 is 11.9 Å². The molecule has 7 nitrogen and oxygen atoms in total. The number of hydrogen-bond donors (Lipinski definition) is 1. The van der Waals surface area contributed by atoms with Crippen molar-refractivity contribution in [1.29, 1.82) is 0 Å². The maximum absolute atomic E-state index is 12.9. The van der Waals surface area contributed by atoms with Crippen LogP contribution in [0.4, 0.5) is 5.69 Å². The normalized spacial score (nSPS) is 14.5. The second kappa shape index (κ2) is 11.4. The number of carbonyl (C=O) groups is 2. The zero-order chi connectivity index (χ0) is 24.9. The number of halogens is 1. The van der Waals surface area contributed by atoms with E-state index >= 15 is 0 Å². The topological polar surface area (TPSA) is 77.1 Å². The van der Waals surface area contributed by atoms with Gasteiger partial charge in [-0.25, -0.2) is 9.59 Å². The van der Waals surface area contributed by atoms with Gasteiger partial charge in [-0.3, -0.25) is 0 Å². The number of rotatable bonds is 8. The second-order valence-electron chi connectivity index (χ2n) is 9.14. The molecule has 0 radical (unpaired) electrons. The third kappa shape index (κ3) is 6.64. The molecule has 1 aliphatic rings. The first-order valence-corrected chi connectivity index (χ1v) is 12.7. The molecule has 34 heavy (non-hydrogen) atoms. The van der Waals surface area contributed by atoms with Gasteiger partial charge < -0.3 is 24.4 Å². The number of ether oxygens (including phenoxy) is 3. The van der Waals surface area contributed by atoms with Crippen molar-refractivity contribution in [2.75, 3.05) is 38.3 Å². The fraction of sp³-hybridized carbons (Fsp3) is 0.520. The van der Waals surface area contributed by atoms with Crippen LogP contribution in [0, 0.1) is 0 Å². The summed E-state index contributed by atoms with van der Waals surface area (Å²) in [6, 6.07) is 8.51. The fourth-order valence-corrected chi connectivity index (χ4v) is 5.21. The summed E-state index contributed by atoms with van der Waals surface area (Å²) in [7, 11) is 2.10. The summed E-state index contributed by atoms with van der Waals surface area (Å²) in [5, 5.41) is 3.67. The molecule has 0 amide bonds. The van der Waals surface area contributed by atoms with Crippen molar-refractivity contribution in [2.45, 2.75) is 52.2 Å². The first-order valence-electron chi connectivity index (χ1n) is 11.5. The Balaban J connectivity index is 1.95. The molecule has 1 aliphatic heterocycles. The lowest BCUT2D eigenvalue weighted by Crippen LogP contribution is -2.41. The predicted molar refractivity (Wildman–Crippen MR) is 136 cm³/mol. The van der Waals surface area contributed by atoms with Crippen molar-refractivity contribution >= 4 is 40.6 Å². The van der Waals surface area contributed by atoms with Crippen molar-refractivity contribution in [1.82, 2.24) is 5.32 Å². The molecule has 1 aromatic heterocycles. The summed E-state index contributed by atoms with van der Waals surface area (Å²) in [6.07, 6.45) is 2.16. The number of nitrogens with one attached hydrogen (secondary N) is 1. The molecular weight excluding hydrogens is 476 g/mol. The standard InChI is InChI=1S/C25H33ClN2O5S/c1-6-31-19(29)15-32-21-20(26)22(34-23(21)24(30)33-25(2,3)4)16-8-7-9-18(14-16)28(5)17-10-12-27-13-11-17/h7-9,14,17,27H,6,10-13,15H2,1-5H3. The molecule has 1 saturated heterocycles. The number of hydrogen-bond acceptors (Lipinski definition) is 8. The van der Waals surface area contributed by atoms with Crippen LogP contribution in [-0.4, -0.2) is 56.9 Å². The lowest BCUT2D eigenvalue weighted by Gasteiger charge is -2.33. The molecule has 2 aromatic rings. The van der Waals surface area contributed by atoms with Gasteiger partial charge in [-0.05, 0) is 71.3 Å². The van der Waals surface area contributed by atoms with Crippen molar-refractivity contribution in [3.8, 4) is 16.2 Å². The lowest BCUT2D eigenvalue weighted by atomic mass is 10.0. The molecule has 0 saturated carbocycles. The first-order chi connectivity index (χ1) is 16.1. The van der Waals surface area contributed by atoms with E-state index in [1.54, 1.807) is 27.7 Å². The summed E-state index contributed by atoms with van der Waals surface area (Å²) in [6.45, 7) is 8.99. The van der Waals surface area contributed by atoms with Gasteiger partial charge in [0.1, 0.15) is 10.6 Å². The van der Waals surface area contributed by atoms with E-state index in [1.165, 1.54) is 11.3 Å². The van der Waals surface area contributed by atoms with Gasteiger partial charge in [0, 0.05) is 18.8 Å². The minimum Gasteiger partial charge on any atom is -0.479 e. The molecule has 0 atom stereocenters. The van der Waals surface area contributed by atoms with Gasteiger partial charge in [-0.1, -0.05) is 23.7 Å². The third-order valence-electron chi connectivity index (χ3n) is 5.41. The molecule has 0 aliphatic carbocycles. The van der Waals surface area contributed by atoms with Gasteiger partial charge in [-0.15, -0.1) is 11.3 Å².